The van der Waals surface area contributed by atoms with Gasteiger partial charge in [0.2, 0.25) is 0 Å². The molecule has 0 saturated heterocycles. The fourth-order valence-corrected chi connectivity index (χ4v) is 1.41. The molecule has 0 aromatic heterocycles. The number of hydrogen-bond donors (Lipinski definition) is 0. The van der Waals surface area contributed by atoms with Gasteiger partial charge in [-0.05, 0) is 0 Å². The SMILES string of the molecule is CCC(CO[N+](=O)OCC(CC)([N+](=O)[O-])[N+](=O)[O-])([N+](=O)[O-])[N+](=O)[O-]. The van der Waals surface area contributed by atoms with Crippen LogP contribution in [0.5, 0.6) is 0 Å². The average Bonchev–Trinajstić information content (AvgIpc) is 2.47. The first-order chi connectivity index (χ1) is 11.0. The summed E-state index contributed by atoms with van der Waals surface area (Å²) < 4.78 is 0. The Morgan fingerprint density at radius 3 is 1.08 bits per heavy atom. The molecule has 0 N–H and O–H groups in total. The Labute approximate surface area is 132 Å². The number of nitrogens with zero attached hydrogens (tertiary/aromatic N) is 5. The Hall–Kier alpha value is -3.20. The molecule has 16 heteroatoms. The van der Waals surface area contributed by atoms with Crippen LogP contribution in [0.15, 0.2) is 0 Å². The van der Waals surface area contributed by atoms with Gasteiger partial charge in [-0.1, -0.05) is 13.8 Å². The van der Waals surface area contributed by atoms with Crippen molar-refractivity contribution in [1.82, 2.24) is 0 Å². The minimum Gasteiger partial charge on any atom is -0.258 e. The van der Waals surface area contributed by atoms with Crippen LogP contribution in [-0.2, 0) is 9.68 Å². The van der Waals surface area contributed by atoms with E-state index in [1.807, 2.05) is 0 Å². The molecule has 0 heterocycles. The summed E-state index contributed by atoms with van der Waals surface area (Å²) in [6, 6.07) is 0. The third kappa shape index (κ3) is 3.96. The van der Waals surface area contributed by atoms with E-state index < -0.39 is 62.2 Å². The molecule has 16 nitrogen and oxygen atoms in total. The molecule has 0 aliphatic carbocycles. The molecular weight excluding hydrogens is 342 g/mol. The van der Waals surface area contributed by atoms with Crippen LogP contribution in [0.25, 0.3) is 0 Å². The van der Waals surface area contributed by atoms with E-state index in [2.05, 4.69) is 9.68 Å². The van der Waals surface area contributed by atoms with Gasteiger partial charge in [-0.25, -0.2) is 0 Å². The van der Waals surface area contributed by atoms with Crippen molar-refractivity contribution in [3.05, 3.63) is 45.4 Å². The van der Waals surface area contributed by atoms with Crippen molar-refractivity contribution in [2.45, 2.75) is 38.0 Å². The van der Waals surface area contributed by atoms with Gasteiger partial charge in [-0.2, -0.15) is 9.68 Å². The topological polar surface area (TPSA) is 211 Å². The van der Waals surface area contributed by atoms with Crippen molar-refractivity contribution >= 4 is 0 Å². The van der Waals surface area contributed by atoms with Gasteiger partial charge in [0.15, 0.2) is 0 Å². The van der Waals surface area contributed by atoms with E-state index in [1.165, 1.54) is 0 Å². The second-order valence-corrected chi connectivity index (χ2v) is 4.47. The van der Waals surface area contributed by atoms with Gasteiger partial charge in [-0.3, -0.25) is 40.5 Å². The van der Waals surface area contributed by atoms with Crippen molar-refractivity contribution in [2.24, 2.45) is 0 Å². The predicted octanol–water partition coefficient (Wildman–Crippen LogP) is -0.0521. The van der Waals surface area contributed by atoms with E-state index in [4.69, 9.17) is 0 Å². The van der Waals surface area contributed by atoms with Crippen molar-refractivity contribution in [1.29, 1.82) is 0 Å². The maximum Gasteiger partial charge on any atom is 0.498 e. The number of nitro groups is 4. The van der Waals surface area contributed by atoms with Crippen LogP contribution in [-0.4, -0.2) is 49.3 Å². The highest BCUT2D eigenvalue weighted by Gasteiger charge is 2.60. The van der Waals surface area contributed by atoms with Crippen LogP contribution in [0.1, 0.15) is 26.7 Å². The molecule has 0 fully saturated rings. The van der Waals surface area contributed by atoms with Crippen molar-refractivity contribution < 1.29 is 34.5 Å². The minimum absolute atomic E-state index is 0.635. The third-order valence-electron chi connectivity index (χ3n) is 3.29. The first kappa shape index (κ1) is 20.8. The van der Waals surface area contributed by atoms with Gasteiger partial charge in [0.05, 0.1) is 12.8 Å². The van der Waals surface area contributed by atoms with E-state index in [0.29, 0.717) is 0 Å². The molecule has 0 aromatic rings. The molecule has 0 unspecified atom stereocenters. The van der Waals surface area contributed by atoms with E-state index in [-0.39, 0.29) is 0 Å². The Bertz CT molecular complexity index is 475. The molecule has 24 heavy (non-hydrogen) atoms. The molecule has 0 rings (SSSR count). The van der Waals surface area contributed by atoms with Gasteiger partial charge in [0.25, 0.3) is 0 Å². The van der Waals surface area contributed by atoms with Gasteiger partial charge in [0.1, 0.15) is 24.6 Å². The Balaban J connectivity index is 4.98. The fraction of sp³-hybridized carbons (Fsp3) is 1.00. The largest absolute Gasteiger partial charge is 0.498 e. The lowest BCUT2D eigenvalue weighted by atomic mass is 10.1. The summed E-state index contributed by atoms with van der Waals surface area (Å²) in [5, 5.41) is 42.3. The monoisotopic (exact) mass is 356 g/mol. The van der Waals surface area contributed by atoms with Crippen LogP contribution < -0.4 is 0 Å². The summed E-state index contributed by atoms with van der Waals surface area (Å²) in [5.41, 5.74) is -5.67. The van der Waals surface area contributed by atoms with Gasteiger partial charge < -0.3 is 0 Å². The molecule has 0 saturated carbocycles. The Morgan fingerprint density at radius 2 is 0.917 bits per heavy atom. The van der Waals surface area contributed by atoms with Crippen LogP contribution in [0, 0.1) is 45.4 Å². The first-order valence-corrected chi connectivity index (χ1v) is 6.31. The van der Waals surface area contributed by atoms with Crippen LogP contribution in [0.4, 0.5) is 0 Å². The summed E-state index contributed by atoms with van der Waals surface area (Å²) in [5.74, 6) is 0. The molecule has 0 atom stereocenters. The van der Waals surface area contributed by atoms with E-state index in [1.54, 1.807) is 0 Å². The van der Waals surface area contributed by atoms with Crippen molar-refractivity contribution in [3.63, 3.8) is 0 Å². The molecule has 0 aliphatic heterocycles. The Kier molecular flexibility index (Phi) is 6.83. The van der Waals surface area contributed by atoms with E-state index in [9.17, 15) is 45.4 Å². The van der Waals surface area contributed by atoms with Crippen molar-refractivity contribution in [2.75, 3.05) is 13.2 Å². The maximum atomic E-state index is 11.2. The average molecular weight is 356 g/mol. The summed E-state index contributed by atoms with van der Waals surface area (Å²) in [7, 11) is 0. The first-order valence-electron chi connectivity index (χ1n) is 6.31. The summed E-state index contributed by atoms with van der Waals surface area (Å²) in [6.07, 6.45) is -1.27. The molecular formula is C8H14N5O11+. The summed E-state index contributed by atoms with van der Waals surface area (Å²) in [6.45, 7) is -0.481. The minimum atomic E-state index is -2.83. The Morgan fingerprint density at radius 1 is 0.667 bits per heavy atom. The fourth-order valence-electron chi connectivity index (χ4n) is 1.41. The molecule has 0 radical (unpaired) electrons. The second kappa shape index (κ2) is 7.88. The lowest BCUT2D eigenvalue weighted by Gasteiger charge is -2.13. The van der Waals surface area contributed by atoms with Gasteiger partial charge >= 0.3 is 29.6 Å². The van der Waals surface area contributed by atoms with Crippen LogP contribution in [0.2, 0.25) is 0 Å². The zero-order valence-corrected chi connectivity index (χ0v) is 12.6. The molecule has 0 amide bonds. The van der Waals surface area contributed by atoms with E-state index in [0.717, 1.165) is 13.8 Å². The molecule has 0 bridgehead atoms. The molecule has 136 valence electrons. The zero-order valence-electron chi connectivity index (χ0n) is 12.6. The second-order valence-electron chi connectivity index (χ2n) is 4.47. The quantitative estimate of drug-likeness (QED) is 0.257. The molecule has 0 spiro atoms. The summed E-state index contributed by atoms with van der Waals surface area (Å²) >= 11 is 0. The highest BCUT2D eigenvalue weighted by atomic mass is 17.0. The van der Waals surface area contributed by atoms with Gasteiger partial charge in [-0.15, -0.1) is 0 Å². The normalized spacial score (nSPS) is 11.4. The standard InChI is InChI=1S/C8H14N5O11/c1-3-7(9(14)15,10(16)17)5-23-13(22)24-6-8(4-2,11(18)19)12(20)21/h3-6H2,1-2H3/q+1. The van der Waals surface area contributed by atoms with Gasteiger partial charge in [0, 0.05) is 0 Å². The third-order valence-corrected chi connectivity index (χ3v) is 3.29. The zero-order chi connectivity index (χ0) is 19.1. The highest BCUT2D eigenvalue weighted by molar-refractivity contribution is 4.63. The maximum absolute atomic E-state index is 11.2. The predicted molar refractivity (Wildman–Crippen MR) is 69.6 cm³/mol. The molecule has 0 aliphatic rings. The van der Waals surface area contributed by atoms with Crippen molar-refractivity contribution in [3.8, 4) is 0 Å². The number of rotatable bonds is 12. The van der Waals surface area contributed by atoms with Crippen LogP contribution in [0.3, 0.4) is 0 Å². The smallest absolute Gasteiger partial charge is 0.258 e. The highest BCUT2D eigenvalue weighted by Crippen LogP contribution is 2.18. The van der Waals surface area contributed by atoms with E-state index >= 15 is 0 Å². The summed E-state index contributed by atoms with van der Waals surface area (Å²) in [4.78, 5) is 57.6. The number of hydrogen-bond acceptors (Lipinski definition) is 11. The van der Waals surface area contributed by atoms with Crippen LogP contribution >= 0.6 is 0 Å². The molecule has 0 aromatic carbocycles. The lowest BCUT2D eigenvalue weighted by molar-refractivity contribution is -0.999. The lowest BCUT2D eigenvalue weighted by Crippen LogP contribution is -2.52.